The van der Waals surface area contributed by atoms with E-state index in [0.29, 0.717) is 18.4 Å². The van der Waals surface area contributed by atoms with Gasteiger partial charge in [0.15, 0.2) is 0 Å². The number of benzene rings is 1. The molecule has 0 spiro atoms. The molecular formula is C16H18BrN3O. The Morgan fingerprint density at radius 2 is 2.05 bits per heavy atom. The van der Waals surface area contributed by atoms with E-state index in [4.69, 9.17) is 10.6 Å². The molecule has 1 fully saturated rings. The van der Waals surface area contributed by atoms with Gasteiger partial charge >= 0.3 is 0 Å². The van der Waals surface area contributed by atoms with Crippen LogP contribution in [0.5, 0.6) is 5.88 Å². The lowest BCUT2D eigenvalue weighted by atomic mass is 10.0. The number of nitrogens with two attached hydrogens (primary N) is 1. The van der Waals surface area contributed by atoms with Crippen molar-refractivity contribution >= 4 is 21.6 Å². The minimum Gasteiger partial charge on any atom is -0.473 e. The highest BCUT2D eigenvalue weighted by Crippen LogP contribution is 2.43. The molecule has 0 amide bonds. The number of nitrogens with zero attached hydrogens (tertiary/aromatic N) is 2. The first-order valence-electron chi connectivity index (χ1n) is 7.00. The van der Waals surface area contributed by atoms with E-state index in [1.807, 2.05) is 31.3 Å². The zero-order chi connectivity index (χ0) is 14.8. The standard InChI is InChI=1S/C16H18BrN3O/c1-20(18)14-5-2-4-12(11-8-9-11)13(14)10-21-16-7-3-6-15(17)19-16/h2-7,11H,8-10,18H2,1H3. The molecule has 2 aromatic rings. The fourth-order valence-electron chi connectivity index (χ4n) is 2.47. The van der Waals surface area contributed by atoms with Crippen molar-refractivity contribution < 1.29 is 4.74 Å². The first-order chi connectivity index (χ1) is 10.1. The maximum absolute atomic E-state index is 5.95. The Bertz CT molecular complexity index is 621. The fraction of sp³-hybridized carbons (Fsp3) is 0.312. The van der Waals surface area contributed by atoms with E-state index >= 15 is 0 Å². The zero-order valence-corrected chi connectivity index (χ0v) is 13.5. The summed E-state index contributed by atoms with van der Waals surface area (Å²) in [6.45, 7) is 0.479. The average Bonchev–Trinajstić information content (AvgIpc) is 3.29. The van der Waals surface area contributed by atoms with Crippen molar-refractivity contribution in [2.75, 3.05) is 12.1 Å². The van der Waals surface area contributed by atoms with Crippen molar-refractivity contribution in [1.82, 2.24) is 4.98 Å². The molecule has 1 aliphatic rings. The fourth-order valence-corrected chi connectivity index (χ4v) is 2.80. The van der Waals surface area contributed by atoms with Crippen LogP contribution >= 0.6 is 15.9 Å². The summed E-state index contributed by atoms with van der Waals surface area (Å²) in [5.74, 6) is 7.22. The molecule has 1 saturated carbocycles. The Hall–Kier alpha value is -1.59. The minimum absolute atomic E-state index is 0.479. The lowest BCUT2D eigenvalue weighted by Crippen LogP contribution is -2.27. The third kappa shape index (κ3) is 3.36. The van der Waals surface area contributed by atoms with Crippen LogP contribution in [0.4, 0.5) is 5.69 Å². The number of ether oxygens (including phenoxy) is 1. The molecular weight excluding hydrogens is 330 g/mol. The van der Waals surface area contributed by atoms with Crippen LogP contribution in [-0.4, -0.2) is 12.0 Å². The molecule has 110 valence electrons. The molecule has 0 unspecified atom stereocenters. The molecule has 0 bridgehead atoms. The monoisotopic (exact) mass is 347 g/mol. The second-order valence-electron chi connectivity index (χ2n) is 5.32. The molecule has 1 aromatic heterocycles. The summed E-state index contributed by atoms with van der Waals surface area (Å²) in [5.41, 5.74) is 3.51. The number of hydrogen-bond acceptors (Lipinski definition) is 4. The van der Waals surface area contributed by atoms with Crippen LogP contribution in [0.1, 0.15) is 29.9 Å². The van der Waals surface area contributed by atoms with Crippen molar-refractivity contribution in [3.8, 4) is 5.88 Å². The van der Waals surface area contributed by atoms with E-state index in [0.717, 1.165) is 15.9 Å². The van der Waals surface area contributed by atoms with Crippen molar-refractivity contribution in [3.63, 3.8) is 0 Å². The molecule has 2 N–H and O–H groups in total. The Morgan fingerprint density at radius 3 is 2.71 bits per heavy atom. The van der Waals surface area contributed by atoms with Crippen LogP contribution < -0.4 is 15.6 Å². The third-order valence-electron chi connectivity index (χ3n) is 3.64. The van der Waals surface area contributed by atoms with Crippen LogP contribution in [0, 0.1) is 0 Å². The average molecular weight is 348 g/mol. The summed E-state index contributed by atoms with van der Waals surface area (Å²) in [5, 5.41) is 1.65. The van der Waals surface area contributed by atoms with Gasteiger partial charge in [0.1, 0.15) is 11.2 Å². The second-order valence-corrected chi connectivity index (χ2v) is 6.13. The number of hydrazine groups is 1. The van der Waals surface area contributed by atoms with Gasteiger partial charge in [0.2, 0.25) is 5.88 Å². The van der Waals surface area contributed by atoms with Gasteiger partial charge in [-0.2, -0.15) is 0 Å². The van der Waals surface area contributed by atoms with Crippen LogP contribution in [0.15, 0.2) is 41.0 Å². The van der Waals surface area contributed by atoms with Crippen LogP contribution in [0.3, 0.4) is 0 Å². The summed E-state index contributed by atoms with van der Waals surface area (Å²) < 4.78 is 6.63. The smallest absolute Gasteiger partial charge is 0.214 e. The molecule has 0 saturated heterocycles. The molecule has 3 rings (SSSR count). The van der Waals surface area contributed by atoms with E-state index in [2.05, 4.69) is 33.0 Å². The van der Waals surface area contributed by atoms with Crippen molar-refractivity contribution in [2.24, 2.45) is 5.84 Å². The largest absolute Gasteiger partial charge is 0.473 e. The van der Waals surface area contributed by atoms with Gasteiger partial charge in [0, 0.05) is 18.7 Å². The highest BCUT2D eigenvalue weighted by Gasteiger charge is 2.27. The summed E-state index contributed by atoms with van der Waals surface area (Å²) in [6, 6.07) is 11.9. The van der Waals surface area contributed by atoms with Gasteiger partial charge in [-0.15, -0.1) is 0 Å². The number of pyridine rings is 1. The van der Waals surface area contributed by atoms with E-state index < -0.39 is 0 Å². The zero-order valence-electron chi connectivity index (χ0n) is 11.9. The third-order valence-corrected chi connectivity index (χ3v) is 4.08. The molecule has 1 aliphatic carbocycles. The highest BCUT2D eigenvalue weighted by molar-refractivity contribution is 9.10. The number of halogens is 1. The summed E-state index contributed by atoms with van der Waals surface area (Å²) in [4.78, 5) is 4.30. The van der Waals surface area contributed by atoms with Crippen LogP contribution in [0.2, 0.25) is 0 Å². The van der Waals surface area contributed by atoms with Gasteiger partial charge in [-0.05, 0) is 52.4 Å². The molecule has 1 heterocycles. The van der Waals surface area contributed by atoms with Crippen molar-refractivity contribution in [1.29, 1.82) is 0 Å². The number of aromatic nitrogens is 1. The predicted octanol–water partition coefficient (Wildman–Crippen LogP) is 3.61. The van der Waals surface area contributed by atoms with Gasteiger partial charge in [0.05, 0.1) is 5.69 Å². The Kier molecular flexibility index (Phi) is 4.12. The number of rotatable bonds is 5. The Balaban J connectivity index is 1.86. The summed E-state index contributed by atoms with van der Waals surface area (Å²) in [7, 11) is 1.85. The van der Waals surface area contributed by atoms with Gasteiger partial charge in [-0.1, -0.05) is 18.2 Å². The maximum atomic E-state index is 5.95. The Labute approximate surface area is 133 Å². The van der Waals surface area contributed by atoms with E-state index in [-0.39, 0.29) is 0 Å². The molecule has 4 nitrogen and oxygen atoms in total. The SMILES string of the molecule is CN(N)c1cccc(C2CC2)c1COc1cccc(Br)n1. The topological polar surface area (TPSA) is 51.4 Å². The lowest BCUT2D eigenvalue weighted by molar-refractivity contribution is 0.292. The lowest BCUT2D eigenvalue weighted by Gasteiger charge is -2.20. The van der Waals surface area contributed by atoms with Crippen molar-refractivity contribution in [2.45, 2.75) is 25.4 Å². The number of anilines is 1. The Morgan fingerprint density at radius 1 is 1.29 bits per heavy atom. The molecule has 0 radical (unpaired) electrons. The normalized spacial score (nSPS) is 14.0. The summed E-state index contributed by atoms with van der Waals surface area (Å²) >= 11 is 3.35. The van der Waals surface area contributed by atoms with Gasteiger partial charge < -0.3 is 9.75 Å². The first kappa shape index (κ1) is 14.4. The van der Waals surface area contributed by atoms with Gasteiger partial charge in [0.25, 0.3) is 0 Å². The van der Waals surface area contributed by atoms with Crippen LogP contribution in [0.25, 0.3) is 0 Å². The maximum Gasteiger partial charge on any atom is 0.214 e. The predicted molar refractivity (Wildman–Crippen MR) is 87.3 cm³/mol. The van der Waals surface area contributed by atoms with Gasteiger partial charge in [-0.3, -0.25) is 0 Å². The van der Waals surface area contributed by atoms with Crippen LogP contribution in [-0.2, 0) is 6.61 Å². The summed E-state index contributed by atoms with van der Waals surface area (Å²) in [6.07, 6.45) is 2.50. The first-order valence-corrected chi connectivity index (χ1v) is 7.80. The van der Waals surface area contributed by atoms with E-state index in [1.165, 1.54) is 18.4 Å². The molecule has 5 heteroatoms. The minimum atomic E-state index is 0.479. The molecule has 0 aliphatic heterocycles. The molecule has 21 heavy (non-hydrogen) atoms. The number of hydrogen-bond donors (Lipinski definition) is 1. The molecule has 1 aromatic carbocycles. The van der Waals surface area contributed by atoms with E-state index in [9.17, 15) is 0 Å². The van der Waals surface area contributed by atoms with Crippen molar-refractivity contribution in [3.05, 3.63) is 52.1 Å². The second kappa shape index (κ2) is 6.03. The highest BCUT2D eigenvalue weighted by atomic mass is 79.9. The van der Waals surface area contributed by atoms with Gasteiger partial charge in [-0.25, -0.2) is 10.8 Å². The quantitative estimate of drug-likeness (QED) is 0.510. The molecule has 0 atom stereocenters. The van der Waals surface area contributed by atoms with E-state index in [1.54, 1.807) is 5.01 Å².